The molecular formula is C6H11O2. The van der Waals surface area contributed by atoms with Gasteiger partial charge >= 0.3 is 5.97 Å². The van der Waals surface area contributed by atoms with Crippen LogP contribution in [0.2, 0.25) is 0 Å². The first kappa shape index (κ1) is 7.47. The highest BCUT2D eigenvalue weighted by molar-refractivity contribution is 5.67. The lowest BCUT2D eigenvalue weighted by atomic mass is 9.93. The van der Waals surface area contributed by atoms with Crippen molar-refractivity contribution in [1.29, 1.82) is 0 Å². The van der Waals surface area contributed by atoms with Crippen molar-refractivity contribution in [1.82, 2.24) is 0 Å². The molecule has 0 amide bonds. The van der Waals surface area contributed by atoms with Crippen LogP contribution in [-0.2, 0) is 4.79 Å². The van der Waals surface area contributed by atoms with Crippen LogP contribution in [0.4, 0.5) is 0 Å². The minimum Gasteiger partial charge on any atom is -0.481 e. The van der Waals surface area contributed by atoms with E-state index in [0.29, 0.717) is 0 Å². The molecule has 0 aromatic carbocycles. The lowest BCUT2D eigenvalue weighted by Crippen LogP contribution is -2.11. The Bertz CT molecular complexity index is 89.2. The second-order valence-electron chi connectivity index (χ2n) is 2.73. The highest BCUT2D eigenvalue weighted by Gasteiger charge is 2.14. The van der Waals surface area contributed by atoms with Gasteiger partial charge in [0.05, 0.1) is 6.42 Å². The number of hydrogen-bond donors (Lipinski definition) is 1. The summed E-state index contributed by atoms with van der Waals surface area (Å²) in [5, 5.41) is 8.21. The van der Waals surface area contributed by atoms with Crippen LogP contribution in [0, 0.1) is 12.3 Å². The fraction of sp³-hybridized carbons (Fsp3) is 0.667. The SMILES string of the molecule is [CH2]C(C)(C)CC(=O)O. The molecule has 0 aliphatic rings. The highest BCUT2D eigenvalue weighted by atomic mass is 16.4. The Labute approximate surface area is 49.5 Å². The standard InChI is InChI=1S/C6H11O2/c1-6(2,3)4-5(7)8/h1,4H2,2-3H3,(H,7,8). The van der Waals surface area contributed by atoms with Gasteiger partial charge in [0.25, 0.3) is 0 Å². The van der Waals surface area contributed by atoms with Crippen molar-refractivity contribution < 1.29 is 9.90 Å². The average molecular weight is 115 g/mol. The third-order valence-corrected chi connectivity index (χ3v) is 0.630. The zero-order valence-corrected chi connectivity index (χ0v) is 5.27. The fourth-order valence-corrected chi connectivity index (χ4v) is 0.409. The Morgan fingerprint density at radius 2 is 2.12 bits per heavy atom. The van der Waals surface area contributed by atoms with E-state index < -0.39 is 5.97 Å². The summed E-state index contributed by atoms with van der Waals surface area (Å²) >= 11 is 0. The summed E-state index contributed by atoms with van der Waals surface area (Å²) in [5.74, 6) is -0.787. The predicted molar refractivity (Wildman–Crippen MR) is 31.4 cm³/mol. The average Bonchev–Trinajstić information content (AvgIpc) is 1.21. The Kier molecular flexibility index (Phi) is 2.02. The van der Waals surface area contributed by atoms with E-state index in [2.05, 4.69) is 6.92 Å². The zero-order chi connectivity index (χ0) is 6.78. The van der Waals surface area contributed by atoms with Crippen LogP contribution >= 0.6 is 0 Å². The molecule has 0 atom stereocenters. The molecule has 0 aliphatic heterocycles. The van der Waals surface area contributed by atoms with Gasteiger partial charge in [-0.25, -0.2) is 0 Å². The summed E-state index contributed by atoms with van der Waals surface area (Å²) in [6.45, 7) is 7.22. The molecule has 1 N–H and O–H groups in total. The van der Waals surface area contributed by atoms with Crippen LogP contribution in [0.25, 0.3) is 0 Å². The van der Waals surface area contributed by atoms with E-state index in [-0.39, 0.29) is 11.8 Å². The van der Waals surface area contributed by atoms with Crippen molar-refractivity contribution in [2.24, 2.45) is 5.41 Å². The molecule has 8 heavy (non-hydrogen) atoms. The third-order valence-electron chi connectivity index (χ3n) is 0.630. The first-order valence-electron chi connectivity index (χ1n) is 2.49. The third kappa shape index (κ3) is 5.47. The lowest BCUT2D eigenvalue weighted by molar-refractivity contribution is -0.138. The van der Waals surface area contributed by atoms with Crippen molar-refractivity contribution in [3.05, 3.63) is 6.92 Å². The summed E-state index contributed by atoms with van der Waals surface area (Å²) in [6, 6.07) is 0. The number of carboxylic acids is 1. The second kappa shape index (κ2) is 2.16. The molecule has 0 spiro atoms. The number of carboxylic acid groups (broad SMARTS) is 1. The zero-order valence-electron chi connectivity index (χ0n) is 5.27. The quantitative estimate of drug-likeness (QED) is 0.589. The van der Waals surface area contributed by atoms with E-state index in [1.165, 1.54) is 0 Å². The fourth-order valence-electron chi connectivity index (χ4n) is 0.409. The van der Waals surface area contributed by atoms with E-state index in [1.54, 1.807) is 13.8 Å². The van der Waals surface area contributed by atoms with E-state index in [0.717, 1.165) is 0 Å². The van der Waals surface area contributed by atoms with Gasteiger partial charge in [0.2, 0.25) is 0 Å². The van der Waals surface area contributed by atoms with Gasteiger partial charge in [0, 0.05) is 0 Å². The van der Waals surface area contributed by atoms with Crippen LogP contribution in [0.15, 0.2) is 0 Å². The molecule has 0 aromatic heterocycles. The van der Waals surface area contributed by atoms with E-state index in [1.807, 2.05) is 0 Å². The molecule has 0 fully saturated rings. The van der Waals surface area contributed by atoms with Gasteiger partial charge in [-0.3, -0.25) is 4.79 Å². The maximum atomic E-state index is 9.97. The normalized spacial score (nSPS) is 11.4. The van der Waals surface area contributed by atoms with Crippen LogP contribution in [-0.4, -0.2) is 11.1 Å². The largest absolute Gasteiger partial charge is 0.481 e. The second-order valence-corrected chi connectivity index (χ2v) is 2.73. The Hall–Kier alpha value is -0.530. The van der Waals surface area contributed by atoms with Crippen molar-refractivity contribution in [2.75, 3.05) is 0 Å². The van der Waals surface area contributed by atoms with Crippen molar-refractivity contribution in [3.63, 3.8) is 0 Å². The Balaban J connectivity index is 3.55. The van der Waals surface area contributed by atoms with Gasteiger partial charge in [0.15, 0.2) is 0 Å². The van der Waals surface area contributed by atoms with Crippen LogP contribution in [0.5, 0.6) is 0 Å². The molecule has 0 unspecified atom stereocenters. The molecule has 2 nitrogen and oxygen atoms in total. The van der Waals surface area contributed by atoms with Gasteiger partial charge < -0.3 is 5.11 Å². The summed E-state index contributed by atoms with van der Waals surface area (Å²) in [4.78, 5) is 9.97. The van der Waals surface area contributed by atoms with Gasteiger partial charge in [-0.15, -0.1) is 0 Å². The highest BCUT2D eigenvalue weighted by Crippen LogP contribution is 2.16. The molecule has 0 aromatic rings. The first-order valence-corrected chi connectivity index (χ1v) is 2.49. The van der Waals surface area contributed by atoms with Crippen LogP contribution < -0.4 is 0 Å². The number of rotatable bonds is 2. The van der Waals surface area contributed by atoms with E-state index in [4.69, 9.17) is 5.11 Å². The summed E-state index contributed by atoms with van der Waals surface area (Å²) < 4.78 is 0. The smallest absolute Gasteiger partial charge is 0.303 e. The topological polar surface area (TPSA) is 37.3 Å². The monoisotopic (exact) mass is 115 g/mol. The minimum atomic E-state index is -0.787. The summed E-state index contributed by atoms with van der Waals surface area (Å²) in [7, 11) is 0. The Morgan fingerprint density at radius 3 is 2.12 bits per heavy atom. The number of carbonyl (C=O) groups is 1. The number of hydrogen-bond acceptors (Lipinski definition) is 1. The van der Waals surface area contributed by atoms with Gasteiger partial charge in [-0.1, -0.05) is 13.8 Å². The molecule has 1 radical (unpaired) electrons. The molecule has 0 rings (SSSR count). The molecule has 2 heteroatoms. The van der Waals surface area contributed by atoms with Gasteiger partial charge in [-0.05, 0) is 12.3 Å². The lowest BCUT2D eigenvalue weighted by Gasteiger charge is -2.12. The van der Waals surface area contributed by atoms with Crippen LogP contribution in [0.3, 0.4) is 0 Å². The molecule has 0 heterocycles. The first-order chi connectivity index (χ1) is 3.42. The molecule has 0 aliphatic carbocycles. The summed E-state index contributed by atoms with van der Waals surface area (Å²) in [5.41, 5.74) is -0.328. The maximum absolute atomic E-state index is 9.97. The van der Waals surface area contributed by atoms with Crippen molar-refractivity contribution >= 4 is 5.97 Å². The summed E-state index contributed by atoms with van der Waals surface area (Å²) in [6.07, 6.45) is 0.132. The molecule has 0 saturated carbocycles. The molecule has 47 valence electrons. The van der Waals surface area contributed by atoms with Gasteiger partial charge in [0.1, 0.15) is 0 Å². The molecular weight excluding hydrogens is 104 g/mol. The van der Waals surface area contributed by atoms with Crippen molar-refractivity contribution in [2.45, 2.75) is 20.3 Å². The van der Waals surface area contributed by atoms with Gasteiger partial charge in [-0.2, -0.15) is 0 Å². The number of aliphatic carboxylic acids is 1. The van der Waals surface area contributed by atoms with E-state index in [9.17, 15) is 4.79 Å². The maximum Gasteiger partial charge on any atom is 0.303 e. The molecule has 0 saturated heterocycles. The van der Waals surface area contributed by atoms with Crippen molar-refractivity contribution in [3.8, 4) is 0 Å². The minimum absolute atomic E-state index is 0.132. The predicted octanol–water partition coefficient (Wildman–Crippen LogP) is 1.32. The van der Waals surface area contributed by atoms with E-state index >= 15 is 0 Å². The van der Waals surface area contributed by atoms with Crippen LogP contribution in [0.1, 0.15) is 20.3 Å². The molecule has 0 bridgehead atoms. The Morgan fingerprint density at radius 1 is 1.75 bits per heavy atom.